The Morgan fingerprint density at radius 1 is 1.33 bits per heavy atom. The Kier molecular flexibility index (Phi) is 3.72. The third-order valence-corrected chi connectivity index (χ3v) is 3.22. The lowest BCUT2D eigenvalue weighted by Gasteiger charge is -2.31. The van der Waals surface area contributed by atoms with Crippen LogP contribution in [0.3, 0.4) is 0 Å². The van der Waals surface area contributed by atoms with Crippen LogP contribution < -0.4 is 20.5 Å². The maximum atomic E-state index is 11.5. The maximum absolute atomic E-state index is 11.5. The van der Waals surface area contributed by atoms with Crippen molar-refractivity contribution in [3.63, 3.8) is 0 Å². The molecule has 0 spiro atoms. The van der Waals surface area contributed by atoms with Crippen LogP contribution in [0.15, 0.2) is 18.2 Å². The molecule has 1 aromatic carbocycles. The molecule has 1 saturated heterocycles. The lowest BCUT2D eigenvalue weighted by molar-refractivity contribution is -0.123. The molecule has 1 aliphatic rings. The summed E-state index contributed by atoms with van der Waals surface area (Å²) in [6, 6.07) is 5.25. The van der Waals surface area contributed by atoms with Crippen LogP contribution in [0.1, 0.15) is 24.4 Å². The maximum Gasteiger partial charge on any atom is 0.220 e. The lowest BCUT2D eigenvalue weighted by atomic mass is 9.92. The lowest BCUT2D eigenvalue weighted by Crippen LogP contribution is -2.45. The number of piperidine rings is 1. The molecule has 0 saturated carbocycles. The van der Waals surface area contributed by atoms with Crippen LogP contribution in [-0.2, 0) is 4.79 Å². The van der Waals surface area contributed by atoms with Gasteiger partial charge in [-0.25, -0.2) is 0 Å². The third-order valence-electron chi connectivity index (χ3n) is 3.22. The zero-order chi connectivity index (χ0) is 13.1. The Bertz CT molecular complexity index is 448. The Balaban J connectivity index is 2.39. The monoisotopic (exact) mass is 250 g/mol. The third kappa shape index (κ3) is 2.26. The predicted molar refractivity (Wildman–Crippen MR) is 67.6 cm³/mol. The highest BCUT2D eigenvalue weighted by Gasteiger charge is 2.30. The number of hydrogen-bond donors (Lipinski definition) is 2. The van der Waals surface area contributed by atoms with Crippen LogP contribution in [-0.4, -0.2) is 26.2 Å². The number of nitrogens with two attached hydrogens (primary N) is 1. The highest BCUT2D eigenvalue weighted by atomic mass is 16.5. The Morgan fingerprint density at radius 2 is 2.11 bits per heavy atom. The van der Waals surface area contributed by atoms with Gasteiger partial charge in [0.25, 0.3) is 0 Å². The van der Waals surface area contributed by atoms with E-state index in [0.29, 0.717) is 24.3 Å². The zero-order valence-corrected chi connectivity index (χ0v) is 10.6. The van der Waals surface area contributed by atoms with E-state index < -0.39 is 0 Å². The van der Waals surface area contributed by atoms with Crippen LogP contribution in [0.5, 0.6) is 11.5 Å². The molecule has 1 amide bonds. The number of amides is 1. The molecule has 1 aromatic rings. The Morgan fingerprint density at radius 3 is 2.78 bits per heavy atom. The summed E-state index contributed by atoms with van der Waals surface area (Å²) in [6.07, 6.45) is 1.15. The number of carbonyl (C=O) groups is 1. The van der Waals surface area contributed by atoms with Crippen molar-refractivity contribution in [2.24, 2.45) is 5.73 Å². The fraction of sp³-hybridized carbons (Fsp3) is 0.462. The van der Waals surface area contributed by atoms with Gasteiger partial charge in [-0.3, -0.25) is 4.79 Å². The van der Waals surface area contributed by atoms with Crippen molar-refractivity contribution < 1.29 is 14.3 Å². The van der Waals surface area contributed by atoms with E-state index in [0.717, 1.165) is 5.56 Å². The van der Waals surface area contributed by atoms with Gasteiger partial charge in [0.15, 0.2) is 11.5 Å². The minimum Gasteiger partial charge on any atom is -0.493 e. The second-order valence-corrected chi connectivity index (χ2v) is 4.33. The van der Waals surface area contributed by atoms with Crippen LogP contribution >= 0.6 is 0 Å². The predicted octanol–water partition coefficient (Wildman–Crippen LogP) is 0.982. The number of para-hydroxylation sites is 1. The highest BCUT2D eigenvalue weighted by Crippen LogP contribution is 2.36. The quantitative estimate of drug-likeness (QED) is 0.838. The van der Waals surface area contributed by atoms with Crippen molar-refractivity contribution in [2.75, 3.05) is 14.2 Å². The molecule has 1 aliphatic heterocycles. The molecular weight excluding hydrogens is 232 g/mol. The van der Waals surface area contributed by atoms with Gasteiger partial charge in [0.05, 0.1) is 20.3 Å². The van der Waals surface area contributed by atoms with Gasteiger partial charge in [-0.2, -0.15) is 0 Å². The number of carbonyl (C=O) groups excluding carboxylic acids is 1. The van der Waals surface area contributed by atoms with E-state index in [2.05, 4.69) is 5.32 Å². The van der Waals surface area contributed by atoms with E-state index in [1.165, 1.54) is 0 Å². The summed E-state index contributed by atoms with van der Waals surface area (Å²) >= 11 is 0. The van der Waals surface area contributed by atoms with Crippen LogP contribution in [0.25, 0.3) is 0 Å². The average molecular weight is 250 g/mol. The second-order valence-electron chi connectivity index (χ2n) is 4.33. The molecule has 1 fully saturated rings. The number of rotatable bonds is 3. The second kappa shape index (κ2) is 5.27. The molecule has 2 atom stereocenters. The van der Waals surface area contributed by atoms with E-state index in [1.54, 1.807) is 14.2 Å². The van der Waals surface area contributed by atoms with Crippen LogP contribution in [0.4, 0.5) is 0 Å². The number of benzene rings is 1. The molecule has 1 heterocycles. The fourth-order valence-electron chi connectivity index (χ4n) is 2.28. The molecule has 0 aliphatic carbocycles. The standard InChI is InChI=1S/C13H18N2O3/c1-17-10-5-3-4-8(13(10)18-2)12-9(14)6-7-11(16)15-12/h3-5,9,12H,6-7,14H2,1-2H3,(H,15,16). The van der Waals surface area contributed by atoms with Crippen molar-refractivity contribution in [1.29, 1.82) is 0 Å². The van der Waals surface area contributed by atoms with Crippen molar-refractivity contribution >= 4 is 5.91 Å². The molecule has 2 rings (SSSR count). The van der Waals surface area contributed by atoms with Crippen LogP contribution in [0, 0.1) is 0 Å². The van der Waals surface area contributed by atoms with Gasteiger partial charge in [0.1, 0.15) is 0 Å². The molecule has 98 valence electrons. The van der Waals surface area contributed by atoms with Gasteiger partial charge in [0.2, 0.25) is 5.91 Å². The first-order valence-electron chi connectivity index (χ1n) is 5.93. The van der Waals surface area contributed by atoms with E-state index in [-0.39, 0.29) is 18.0 Å². The topological polar surface area (TPSA) is 73.6 Å². The number of nitrogens with one attached hydrogen (secondary N) is 1. The number of ether oxygens (including phenoxy) is 2. The molecule has 5 nitrogen and oxygen atoms in total. The molecule has 0 radical (unpaired) electrons. The van der Waals surface area contributed by atoms with E-state index >= 15 is 0 Å². The van der Waals surface area contributed by atoms with Crippen molar-refractivity contribution in [1.82, 2.24) is 5.32 Å². The van der Waals surface area contributed by atoms with E-state index in [4.69, 9.17) is 15.2 Å². The fourth-order valence-corrected chi connectivity index (χ4v) is 2.28. The molecular formula is C13H18N2O3. The van der Waals surface area contributed by atoms with Crippen molar-refractivity contribution in [2.45, 2.75) is 24.9 Å². The van der Waals surface area contributed by atoms with E-state index in [9.17, 15) is 4.79 Å². The van der Waals surface area contributed by atoms with Gasteiger partial charge in [-0.15, -0.1) is 0 Å². The van der Waals surface area contributed by atoms with Crippen LogP contribution in [0.2, 0.25) is 0 Å². The molecule has 3 N–H and O–H groups in total. The van der Waals surface area contributed by atoms with Gasteiger partial charge >= 0.3 is 0 Å². The molecule has 2 unspecified atom stereocenters. The summed E-state index contributed by atoms with van der Waals surface area (Å²) in [4.78, 5) is 11.5. The molecule has 0 aromatic heterocycles. The minimum atomic E-state index is -0.226. The Labute approximate surface area is 106 Å². The Hall–Kier alpha value is -1.75. The average Bonchev–Trinajstić information content (AvgIpc) is 2.40. The summed E-state index contributed by atoms with van der Waals surface area (Å²) in [5, 5.41) is 2.91. The summed E-state index contributed by atoms with van der Waals surface area (Å²) in [5.74, 6) is 1.29. The zero-order valence-electron chi connectivity index (χ0n) is 10.6. The van der Waals surface area contributed by atoms with Gasteiger partial charge < -0.3 is 20.5 Å². The smallest absolute Gasteiger partial charge is 0.220 e. The summed E-state index contributed by atoms with van der Waals surface area (Å²) < 4.78 is 10.6. The number of methoxy groups -OCH3 is 2. The first-order valence-corrected chi connectivity index (χ1v) is 5.93. The molecule has 18 heavy (non-hydrogen) atoms. The molecule has 0 bridgehead atoms. The summed E-state index contributed by atoms with van der Waals surface area (Å²) in [7, 11) is 3.17. The van der Waals surface area contributed by atoms with Crippen molar-refractivity contribution in [3.8, 4) is 11.5 Å². The first-order chi connectivity index (χ1) is 8.67. The minimum absolute atomic E-state index is 0.0200. The normalized spacial score (nSPS) is 23.4. The van der Waals surface area contributed by atoms with Gasteiger partial charge in [-0.1, -0.05) is 12.1 Å². The van der Waals surface area contributed by atoms with Gasteiger partial charge in [0, 0.05) is 18.0 Å². The number of hydrogen-bond acceptors (Lipinski definition) is 4. The highest BCUT2D eigenvalue weighted by molar-refractivity contribution is 5.77. The molecule has 5 heteroatoms. The first kappa shape index (κ1) is 12.7. The van der Waals surface area contributed by atoms with Crippen molar-refractivity contribution in [3.05, 3.63) is 23.8 Å². The summed E-state index contributed by atoms with van der Waals surface area (Å²) in [5.41, 5.74) is 6.94. The van der Waals surface area contributed by atoms with E-state index in [1.807, 2.05) is 18.2 Å². The SMILES string of the molecule is COc1cccc(C2NC(=O)CCC2N)c1OC. The largest absolute Gasteiger partial charge is 0.493 e. The van der Waals surface area contributed by atoms with Gasteiger partial charge in [-0.05, 0) is 12.5 Å². The summed E-state index contributed by atoms with van der Waals surface area (Å²) in [6.45, 7) is 0.